The molecule has 0 aromatic carbocycles. The van der Waals surface area contributed by atoms with Crippen LogP contribution in [0.1, 0.15) is 55.6 Å². The molecule has 0 saturated heterocycles. The van der Waals surface area contributed by atoms with Crippen molar-refractivity contribution < 1.29 is 0 Å². The van der Waals surface area contributed by atoms with Crippen LogP contribution in [0, 0.1) is 5.92 Å². The Bertz CT molecular complexity index is 838. The standard InChI is InChI=1S/C18H25N3OS3/c1-5-21(6-2)18(23)24-11(4)15-19-16(22)14-12-8-7-10(3)9-13(12)25-17(14)20-15/h10-11H,5-9H2,1-4H3,(H,19,20,22)/t10-,11-/m1/s1. The summed E-state index contributed by atoms with van der Waals surface area (Å²) < 4.78 is 0.861. The number of nitrogens with one attached hydrogen (secondary N) is 1. The van der Waals surface area contributed by atoms with Gasteiger partial charge in [-0.2, -0.15) is 0 Å². The molecule has 4 nitrogen and oxygen atoms in total. The zero-order valence-corrected chi connectivity index (χ0v) is 17.7. The van der Waals surface area contributed by atoms with E-state index in [0.717, 1.165) is 52.7 Å². The number of thioether (sulfide) groups is 1. The van der Waals surface area contributed by atoms with Crippen molar-refractivity contribution in [1.82, 2.24) is 14.9 Å². The predicted octanol–water partition coefficient (Wildman–Crippen LogP) is 4.53. The van der Waals surface area contributed by atoms with Gasteiger partial charge >= 0.3 is 0 Å². The van der Waals surface area contributed by atoms with Crippen molar-refractivity contribution in [3.05, 3.63) is 26.6 Å². The molecule has 3 rings (SSSR count). The van der Waals surface area contributed by atoms with Gasteiger partial charge in [0.25, 0.3) is 5.56 Å². The molecular formula is C18H25N3OS3. The van der Waals surface area contributed by atoms with E-state index in [0.29, 0.717) is 5.92 Å². The minimum Gasteiger partial charge on any atom is -0.358 e. The minimum absolute atomic E-state index is 0.00765. The lowest BCUT2D eigenvalue weighted by Gasteiger charge is -2.22. The second-order valence-corrected chi connectivity index (χ2v) is 9.74. The summed E-state index contributed by atoms with van der Waals surface area (Å²) in [5.41, 5.74) is 1.24. The van der Waals surface area contributed by atoms with Gasteiger partial charge in [0.05, 0.1) is 10.6 Å². The SMILES string of the molecule is CCN(CC)C(=S)S[C@H](C)c1nc2sc3c(c2c(=O)[nH]1)CC[C@@H](C)C3. The molecule has 2 aromatic heterocycles. The van der Waals surface area contributed by atoms with Gasteiger partial charge in [-0.05, 0) is 51.5 Å². The molecule has 2 atom stereocenters. The number of thiophene rings is 1. The molecule has 1 aliphatic rings. The Morgan fingerprint density at radius 2 is 2.20 bits per heavy atom. The van der Waals surface area contributed by atoms with Crippen LogP contribution in [0.2, 0.25) is 0 Å². The van der Waals surface area contributed by atoms with E-state index < -0.39 is 0 Å². The van der Waals surface area contributed by atoms with Crippen molar-refractivity contribution in [2.24, 2.45) is 5.92 Å². The topological polar surface area (TPSA) is 49.0 Å². The van der Waals surface area contributed by atoms with E-state index in [1.807, 2.05) is 0 Å². The van der Waals surface area contributed by atoms with Crippen LogP contribution < -0.4 is 5.56 Å². The number of nitrogens with zero attached hydrogens (tertiary/aromatic N) is 2. The number of hydrogen-bond donors (Lipinski definition) is 1. The third-order valence-electron chi connectivity index (χ3n) is 4.87. The lowest BCUT2D eigenvalue weighted by atomic mass is 9.89. The number of rotatable bonds is 4. The quantitative estimate of drug-likeness (QED) is 0.771. The number of hydrogen-bond acceptors (Lipinski definition) is 5. The van der Waals surface area contributed by atoms with Crippen LogP contribution in [0.3, 0.4) is 0 Å². The summed E-state index contributed by atoms with van der Waals surface area (Å²) in [6, 6.07) is 0. The molecule has 0 spiro atoms. The van der Waals surface area contributed by atoms with Crippen molar-refractivity contribution >= 4 is 49.9 Å². The Morgan fingerprint density at radius 1 is 1.48 bits per heavy atom. The molecular weight excluding hydrogens is 370 g/mol. The van der Waals surface area contributed by atoms with E-state index in [9.17, 15) is 4.79 Å². The van der Waals surface area contributed by atoms with E-state index in [1.165, 1.54) is 10.4 Å². The van der Waals surface area contributed by atoms with Gasteiger partial charge in [0.15, 0.2) is 0 Å². The number of aryl methyl sites for hydroxylation is 1. The predicted molar refractivity (Wildman–Crippen MR) is 113 cm³/mol. The van der Waals surface area contributed by atoms with Crippen LogP contribution in [0.25, 0.3) is 10.2 Å². The normalized spacial score (nSPS) is 18.2. The van der Waals surface area contributed by atoms with Gasteiger partial charge in [0, 0.05) is 18.0 Å². The first kappa shape index (κ1) is 18.9. The highest BCUT2D eigenvalue weighted by molar-refractivity contribution is 8.23. The number of aromatic amines is 1. The summed E-state index contributed by atoms with van der Waals surface area (Å²) in [7, 11) is 0. The van der Waals surface area contributed by atoms with Crippen LogP contribution in [0.4, 0.5) is 0 Å². The first-order valence-electron chi connectivity index (χ1n) is 8.94. The summed E-state index contributed by atoms with van der Waals surface area (Å²) in [5, 5.41) is 0.849. The average molecular weight is 396 g/mol. The Hall–Kier alpha value is -0.920. The van der Waals surface area contributed by atoms with Crippen molar-refractivity contribution in [3.63, 3.8) is 0 Å². The lowest BCUT2D eigenvalue weighted by Crippen LogP contribution is -2.27. The molecule has 1 N–H and O–H groups in total. The van der Waals surface area contributed by atoms with Gasteiger partial charge < -0.3 is 9.88 Å². The fraction of sp³-hybridized carbons (Fsp3) is 0.611. The van der Waals surface area contributed by atoms with Gasteiger partial charge in [-0.15, -0.1) is 11.3 Å². The summed E-state index contributed by atoms with van der Waals surface area (Å²) in [4.78, 5) is 24.9. The molecule has 0 saturated carbocycles. The second-order valence-electron chi connectivity index (χ2n) is 6.68. The molecule has 0 radical (unpaired) electrons. The van der Waals surface area contributed by atoms with Gasteiger partial charge in [0.1, 0.15) is 15.0 Å². The number of H-pyrrole nitrogens is 1. The lowest BCUT2D eigenvalue weighted by molar-refractivity contribution is 0.482. The summed E-state index contributed by atoms with van der Waals surface area (Å²) in [5.74, 6) is 1.42. The van der Waals surface area contributed by atoms with Gasteiger partial charge in [-0.3, -0.25) is 4.79 Å². The molecule has 0 amide bonds. The molecule has 2 heterocycles. The van der Waals surface area contributed by atoms with Crippen LogP contribution in [-0.4, -0.2) is 32.3 Å². The highest BCUT2D eigenvalue weighted by atomic mass is 32.2. The van der Waals surface area contributed by atoms with Crippen molar-refractivity contribution in [3.8, 4) is 0 Å². The zero-order chi connectivity index (χ0) is 18.1. The second kappa shape index (κ2) is 7.76. The molecule has 0 unspecified atom stereocenters. The summed E-state index contributed by atoms with van der Waals surface area (Å²) >= 11 is 8.83. The maximum atomic E-state index is 12.7. The van der Waals surface area contributed by atoms with E-state index >= 15 is 0 Å². The molecule has 0 aliphatic heterocycles. The van der Waals surface area contributed by atoms with Crippen LogP contribution >= 0.6 is 35.3 Å². The van der Waals surface area contributed by atoms with Gasteiger partial charge in [0.2, 0.25) is 0 Å². The molecule has 7 heteroatoms. The Labute approximate surface area is 162 Å². The minimum atomic E-state index is 0.00765. The third-order valence-corrected chi connectivity index (χ3v) is 7.60. The molecule has 0 fully saturated rings. The highest BCUT2D eigenvalue weighted by Crippen LogP contribution is 2.36. The van der Waals surface area contributed by atoms with Crippen molar-refractivity contribution in [1.29, 1.82) is 0 Å². The summed E-state index contributed by atoms with van der Waals surface area (Å²) in [6.45, 7) is 10.3. The fourth-order valence-electron chi connectivity index (χ4n) is 3.32. The van der Waals surface area contributed by atoms with Crippen molar-refractivity contribution in [2.45, 2.75) is 52.2 Å². The van der Waals surface area contributed by atoms with Crippen LogP contribution in [0.5, 0.6) is 0 Å². The van der Waals surface area contributed by atoms with E-state index in [-0.39, 0.29) is 10.8 Å². The maximum Gasteiger partial charge on any atom is 0.259 e. The van der Waals surface area contributed by atoms with Crippen LogP contribution in [0.15, 0.2) is 4.79 Å². The Morgan fingerprint density at radius 3 is 2.88 bits per heavy atom. The number of fused-ring (bicyclic) bond motifs is 3. The average Bonchev–Trinajstić information content (AvgIpc) is 2.93. The largest absolute Gasteiger partial charge is 0.358 e. The molecule has 0 bridgehead atoms. The summed E-state index contributed by atoms with van der Waals surface area (Å²) in [6.07, 6.45) is 3.23. The highest BCUT2D eigenvalue weighted by Gasteiger charge is 2.24. The van der Waals surface area contributed by atoms with Gasteiger partial charge in [-0.1, -0.05) is 30.9 Å². The number of thiocarbonyl (C=S) groups is 1. The maximum absolute atomic E-state index is 12.7. The first-order valence-corrected chi connectivity index (χ1v) is 11.0. The Kier molecular flexibility index (Phi) is 5.85. The van der Waals surface area contributed by atoms with Gasteiger partial charge in [-0.25, -0.2) is 4.98 Å². The fourth-order valence-corrected chi connectivity index (χ4v) is 6.34. The van der Waals surface area contributed by atoms with E-state index in [1.54, 1.807) is 23.1 Å². The molecule has 2 aromatic rings. The molecule has 136 valence electrons. The van der Waals surface area contributed by atoms with E-state index in [2.05, 4.69) is 37.6 Å². The molecule has 1 aliphatic carbocycles. The zero-order valence-electron chi connectivity index (χ0n) is 15.2. The van der Waals surface area contributed by atoms with Crippen LogP contribution in [-0.2, 0) is 12.8 Å². The third kappa shape index (κ3) is 3.78. The first-order chi connectivity index (χ1) is 11.9. The van der Waals surface area contributed by atoms with E-state index in [4.69, 9.17) is 17.2 Å². The smallest absolute Gasteiger partial charge is 0.259 e. The monoisotopic (exact) mass is 395 g/mol. The number of aromatic nitrogens is 2. The van der Waals surface area contributed by atoms with Crippen molar-refractivity contribution in [2.75, 3.05) is 13.1 Å². The molecule has 25 heavy (non-hydrogen) atoms. The Balaban J connectivity index is 1.91.